The summed E-state index contributed by atoms with van der Waals surface area (Å²) in [5, 5.41) is -0.0372. The summed E-state index contributed by atoms with van der Waals surface area (Å²) in [6.45, 7) is 0. The monoisotopic (exact) mass is 284 g/mol. The second-order valence-electron chi connectivity index (χ2n) is 3.90. The van der Waals surface area contributed by atoms with E-state index >= 15 is 0 Å². The van der Waals surface area contributed by atoms with E-state index in [-0.39, 0.29) is 17.9 Å². The predicted molar refractivity (Wildman–Crippen MR) is 61.4 cm³/mol. The Labute approximate surface area is 107 Å². The fraction of sp³-hybridized carbons (Fsp3) is 0.455. The van der Waals surface area contributed by atoms with Crippen LogP contribution in [0.15, 0.2) is 18.2 Å². The molecule has 1 aromatic carbocycles. The molecule has 2 nitrogen and oxygen atoms in total. The highest BCUT2D eigenvalue weighted by molar-refractivity contribution is 6.30. The molecule has 0 aromatic heterocycles. The molecule has 7 heteroatoms. The average Bonchev–Trinajstić information content (AvgIpc) is 2.27. The number of hydrogen-bond acceptors (Lipinski definition) is 2. The molecule has 102 valence electrons. The fourth-order valence-corrected chi connectivity index (χ4v) is 1.70. The molecule has 0 heterocycles. The van der Waals surface area contributed by atoms with E-state index in [0.717, 1.165) is 0 Å². The third-order valence-electron chi connectivity index (χ3n) is 2.50. The van der Waals surface area contributed by atoms with Crippen molar-refractivity contribution in [3.8, 4) is 0 Å². The van der Waals surface area contributed by atoms with Gasteiger partial charge in [-0.05, 0) is 30.5 Å². The van der Waals surface area contributed by atoms with Gasteiger partial charge >= 0.3 is 6.18 Å². The summed E-state index contributed by atoms with van der Waals surface area (Å²) in [5.74, 6) is 4.64. The zero-order valence-corrected chi connectivity index (χ0v) is 10.2. The molecule has 0 aliphatic rings. The first-order chi connectivity index (χ1) is 8.33. The molecule has 0 aliphatic carbocycles. The molecule has 1 aromatic rings. The minimum absolute atomic E-state index is 0.0372. The number of hydrazine groups is 1. The molecule has 0 bridgehead atoms. The van der Waals surface area contributed by atoms with Gasteiger partial charge in [0.15, 0.2) is 0 Å². The third kappa shape index (κ3) is 4.80. The van der Waals surface area contributed by atoms with Crippen LogP contribution in [0.25, 0.3) is 0 Å². The second kappa shape index (κ2) is 6.36. The zero-order chi connectivity index (χ0) is 13.8. The van der Waals surface area contributed by atoms with Crippen molar-refractivity contribution in [1.82, 2.24) is 5.43 Å². The molecule has 0 saturated carbocycles. The van der Waals surface area contributed by atoms with Gasteiger partial charge < -0.3 is 0 Å². The summed E-state index contributed by atoms with van der Waals surface area (Å²) in [6, 6.07) is 3.52. The van der Waals surface area contributed by atoms with E-state index in [1.165, 1.54) is 18.2 Å². The lowest BCUT2D eigenvalue weighted by molar-refractivity contribution is -0.135. The van der Waals surface area contributed by atoms with Crippen LogP contribution in [0.2, 0.25) is 5.02 Å². The molecule has 0 amide bonds. The van der Waals surface area contributed by atoms with Crippen LogP contribution in [-0.4, -0.2) is 6.18 Å². The standard InChI is InChI=1S/C11H13ClF4N2/c12-8-4-3-7(6-9(8)13)10(18-17)2-1-5-11(14,15)16/h3-4,6,10,18H,1-2,5,17H2. The van der Waals surface area contributed by atoms with Crippen molar-refractivity contribution in [3.05, 3.63) is 34.6 Å². The first-order valence-electron chi connectivity index (χ1n) is 5.31. The van der Waals surface area contributed by atoms with Gasteiger partial charge in [-0.2, -0.15) is 13.2 Å². The molecule has 0 spiro atoms. The number of alkyl halides is 3. The van der Waals surface area contributed by atoms with Gasteiger partial charge in [0, 0.05) is 12.5 Å². The molecule has 0 saturated heterocycles. The largest absolute Gasteiger partial charge is 0.389 e. The normalized spacial score (nSPS) is 13.7. The predicted octanol–water partition coefficient (Wildman–Crippen LogP) is 3.72. The van der Waals surface area contributed by atoms with E-state index in [0.29, 0.717) is 5.56 Å². The second-order valence-corrected chi connectivity index (χ2v) is 4.31. The van der Waals surface area contributed by atoms with Crippen molar-refractivity contribution in [1.29, 1.82) is 0 Å². The Kier molecular flexibility index (Phi) is 5.37. The maximum absolute atomic E-state index is 13.2. The molecule has 1 atom stereocenters. The SMILES string of the molecule is NNC(CCCC(F)(F)F)c1ccc(Cl)c(F)c1. The van der Waals surface area contributed by atoms with Crippen LogP contribution in [0.5, 0.6) is 0 Å². The summed E-state index contributed by atoms with van der Waals surface area (Å²) >= 11 is 5.52. The van der Waals surface area contributed by atoms with E-state index < -0.39 is 24.5 Å². The fourth-order valence-electron chi connectivity index (χ4n) is 1.58. The lowest BCUT2D eigenvalue weighted by Crippen LogP contribution is -2.28. The molecule has 0 fully saturated rings. The number of halogens is 5. The first-order valence-corrected chi connectivity index (χ1v) is 5.69. The molecule has 0 radical (unpaired) electrons. The van der Waals surface area contributed by atoms with Gasteiger partial charge in [-0.15, -0.1) is 0 Å². The molecule has 3 N–H and O–H groups in total. The van der Waals surface area contributed by atoms with Crippen LogP contribution in [0.1, 0.15) is 30.9 Å². The van der Waals surface area contributed by atoms with E-state index in [2.05, 4.69) is 5.43 Å². The Morgan fingerprint density at radius 2 is 2.00 bits per heavy atom. The Morgan fingerprint density at radius 3 is 2.50 bits per heavy atom. The van der Waals surface area contributed by atoms with E-state index in [1.54, 1.807) is 0 Å². The van der Waals surface area contributed by atoms with Gasteiger partial charge in [-0.3, -0.25) is 11.3 Å². The Bertz CT molecular complexity index is 395. The average molecular weight is 285 g/mol. The van der Waals surface area contributed by atoms with Gasteiger partial charge in [-0.1, -0.05) is 17.7 Å². The lowest BCUT2D eigenvalue weighted by atomic mass is 10.0. The third-order valence-corrected chi connectivity index (χ3v) is 2.81. The molecule has 1 rings (SSSR count). The summed E-state index contributed by atoms with van der Waals surface area (Å²) < 4.78 is 49.2. The molecule has 1 unspecified atom stereocenters. The molecular weight excluding hydrogens is 272 g/mol. The van der Waals surface area contributed by atoms with Crippen molar-refractivity contribution in [2.24, 2.45) is 5.84 Å². The highest BCUT2D eigenvalue weighted by Gasteiger charge is 2.26. The number of nitrogens with one attached hydrogen (secondary N) is 1. The van der Waals surface area contributed by atoms with Crippen molar-refractivity contribution in [2.75, 3.05) is 0 Å². The minimum atomic E-state index is -4.19. The minimum Gasteiger partial charge on any atom is -0.271 e. The van der Waals surface area contributed by atoms with Crippen molar-refractivity contribution < 1.29 is 17.6 Å². The number of nitrogens with two attached hydrogens (primary N) is 1. The lowest BCUT2D eigenvalue weighted by Gasteiger charge is -2.17. The quantitative estimate of drug-likeness (QED) is 0.491. The van der Waals surface area contributed by atoms with Crippen LogP contribution in [0.4, 0.5) is 17.6 Å². The number of hydrogen-bond donors (Lipinski definition) is 2. The van der Waals surface area contributed by atoms with Crippen molar-refractivity contribution >= 4 is 11.6 Å². The van der Waals surface area contributed by atoms with Crippen LogP contribution in [0.3, 0.4) is 0 Å². The van der Waals surface area contributed by atoms with Crippen LogP contribution < -0.4 is 11.3 Å². The summed E-state index contributed by atoms with van der Waals surface area (Å²) in [5.41, 5.74) is 2.85. The smallest absolute Gasteiger partial charge is 0.271 e. The highest BCUT2D eigenvalue weighted by atomic mass is 35.5. The summed E-state index contributed by atoms with van der Waals surface area (Å²) in [4.78, 5) is 0. The van der Waals surface area contributed by atoms with Gasteiger partial charge in [0.1, 0.15) is 5.82 Å². The number of benzene rings is 1. The maximum atomic E-state index is 13.2. The van der Waals surface area contributed by atoms with Crippen LogP contribution in [-0.2, 0) is 0 Å². The zero-order valence-electron chi connectivity index (χ0n) is 9.40. The van der Waals surface area contributed by atoms with E-state index in [9.17, 15) is 17.6 Å². The Hall–Kier alpha value is -0.850. The van der Waals surface area contributed by atoms with Gasteiger partial charge in [0.25, 0.3) is 0 Å². The molecule has 0 aliphatic heterocycles. The maximum Gasteiger partial charge on any atom is 0.389 e. The number of rotatable bonds is 5. The topological polar surface area (TPSA) is 38.0 Å². The van der Waals surface area contributed by atoms with Gasteiger partial charge in [-0.25, -0.2) is 4.39 Å². The Balaban J connectivity index is 2.63. The van der Waals surface area contributed by atoms with Crippen molar-refractivity contribution in [2.45, 2.75) is 31.5 Å². The molecular formula is C11H13ClF4N2. The van der Waals surface area contributed by atoms with Crippen molar-refractivity contribution in [3.63, 3.8) is 0 Å². The van der Waals surface area contributed by atoms with E-state index in [4.69, 9.17) is 17.4 Å². The summed E-state index contributed by atoms with van der Waals surface area (Å²) in [7, 11) is 0. The van der Waals surface area contributed by atoms with Gasteiger partial charge in [0.2, 0.25) is 0 Å². The highest BCUT2D eigenvalue weighted by Crippen LogP contribution is 2.27. The van der Waals surface area contributed by atoms with Crippen LogP contribution in [0, 0.1) is 5.82 Å². The summed E-state index contributed by atoms with van der Waals surface area (Å²) in [6.07, 6.45) is -4.99. The van der Waals surface area contributed by atoms with Crippen LogP contribution >= 0.6 is 11.6 Å². The van der Waals surface area contributed by atoms with Gasteiger partial charge in [0.05, 0.1) is 5.02 Å². The molecule has 18 heavy (non-hydrogen) atoms. The first kappa shape index (κ1) is 15.2. The van der Waals surface area contributed by atoms with E-state index in [1.807, 2.05) is 0 Å². The Morgan fingerprint density at radius 1 is 1.33 bits per heavy atom.